The average molecular weight is 470 g/mol. The van der Waals surface area contributed by atoms with E-state index in [0.29, 0.717) is 34.8 Å². The average Bonchev–Trinajstić information content (AvgIpc) is 3.24. The van der Waals surface area contributed by atoms with Crippen molar-refractivity contribution in [3.63, 3.8) is 0 Å². The molecule has 0 N–H and O–H groups in total. The molecule has 1 aromatic heterocycles. The van der Waals surface area contributed by atoms with Gasteiger partial charge in [-0.1, -0.05) is 25.5 Å². The topological polar surface area (TPSA) is 76.8 Å². The number of para-hydroxylation sites is 1. The van der Waals surface area contributed by atoms with Gasteiger partial charge in [-0.15, -0.1) is 0 Å². The Morgan fingerprint density at radius 2 is 2.07 bits per heavy atom. The van der Waals surface area contributed by atoms with Crippen molar-refractivity contribution in [3.8, 4) is 5.75 Å². The first-order valence-corrected chi connectivity index (χ1v) is 12.0. The third-order valence-corrected chi connectivity index (χ3v) is 6.91. The molecule has 2 heterocycles. The van der Waals surface area contributed by atoms with Crippen molar-refractivity contribution in [2.45, 2.75) is 38.8 Å². The van der Waals surface area contributed by atoms with Crippen LogP contribution in [-0.4, -0.2) is 43.4 Å². The van der Waals surface area contributed by atoms with E-state index in [2.05, 4.69) is 22.9 Å². The van der Waals surface area contributed by atoms with Gasteiger partial charge < -0.3 is 14.1 Å². The predicted molar refractivity (Wildman–Crippen MR) is 110 cm³/mol. The molecule has 0 unspecified atom stereocenters. The van der Waals surface area contributed by atoms with Gasteiger partial charge in [0.25, 0.3) is 5.91 Å². The smallest absolute Gasteiger partial charge is 0.258 e. The Hall–Kier alpha value is -1.80. The number of nitrogens with zero attached hydrogens (tertiary/aromatic N) is 1. The van der Waals surface area contributed by atoms with Gasteiger partial charge in [0.1, 0.15) is 11.5 Å². The summed E-state index contributed by atoms with van der Waals surface area (Å²) >= 11 is 3.27. The summed E-state index contributed by atoms with van der Waals surface area (Å²) in [6, 6.07) is 10.3. The number of carbonyl (C=O) groups is 1. The zero-order valence-electron chi connectivity index (χ0n) is 15.8. The maximum absolute atomic E-state index is 13.4. The number of furan rings is 1. The summed E-state index contributed by atoms with van der Waals surface area (Å²) in [7, 11) is -3.14. The highest BCUT2D eigenvalue weighted by atomic mass is 79.9. The minimum atomic E-state index is -3.14. The molecule has 1 amide bonds. The number of ether oxygens (including phenoxy) is 1. The van der Waals surface area contributed by atoms with Gasteiger partial charge >= 0.3 is 0 Å². The fourth-order valence-corrected chi connectivity index (χ4v) is 5.31. The summed E-state index contributed by atoms with van der Waals surface area (Å²) < 4.78 is 36.0. The molecule has 1 aliphatic heterocycles. The predicted octanol–water partition coefficient (Wildman–Crippen LogP) is 4.05. The Labute approximate surface area is 173 Å². The van der Waals surface area contributed by atoms with Crippen LogP contribution in [0.2, 0.25) is 0 Å². The highest BCUT2D eigenvalue weighted by Crippen LogP contribution is 2.27. The van der Waals surface area contributed by atoms with E-state index in [0.717, 1.165) is 12.8 Å². The van der Waals surface area contributed by atoms with Crippen molar-refractivity contribution in [1.29, 1.82) is 0 Å². The molecule has 1 atom stereocenters. The standard InChI is InChI=1S/C20H24BrNO5S/c1-2-3-11-26-18-7-5-4-6-17(18)20(23)22(13-16-8-9-19(21)27-16)15-10-12-28(24,25)14-15/h4-9,15H,2-3,10-14H2,1H3/t15-/m1/s1. The molecule has 28 heavy (non-hydrogen) atoms. The Kier molecular flexibility index (Phi) is 6.82. The lowest BCUT2D eigenvalue weighted by Gasteiger charge is -2.28. The van der Waals surface area contributed by atoms with Crippen LogP contribution in [0, 0.1) is 0 Å². The maximum Gasteiger partial charge on any atom is 0.258 e. The van der Waals surface area contributed by atoms with Crippen LogP contribution < -0.4 is 4.74 Å². The molecule has 0 spiro atoms. The zero-order chi connectivity index (χ0) is 20.1. The number of rotatable bonds is 8. The first kappa shape index (κ1) is 20.9. The molecule has 1 fully saturated rings. The monoisotopic (exact) mass is 469 g/mol. The normalized spacial score (nSPS) is 18.1. The number of sulfone groups is 1. The van der Waals surface area contributed by atoms with Crippen molar-refractivity contribution < 1.29 is 22.4 Å². The van der Waals surface area contributed by atoms with Gasteiger partial charge in [0.05, 0.1) is 30.2 Å². The van der Waals surface area contributed by atoms with E-state index in [1.54, 1.807) is 35.2 Å². The maximum atomic E-state index is 13.4. The largest absolute Gasteiger partial charge is 0.493 e. The van der Waals surface area contributed by atoms with Crippen LogP contribution in [0.5, 0.6) is 5.75 Å². The lowest BCUT2D eigenvalue weighted by Crippen LogP contribution is -2.40. The van der Waals surface area contributed by atoms with E-state index in [9.17, 15) is 13.2 Å². The molecule has 0 saturated carbocycles. The highest BCUT2D eigenvalue weighted by molar-refractivity contribution is 9.10. The first-order chi connectivity index (χ1) is 13.4. The van der Waals surface area contributed by atoms with Gasteiger partial charge in [-0.3, -0.25) is 4.79 Å². The summed E-state index contributed by atoms with van der Waals surface area (Å²) in [4.78, 5) is 15.0. The summed E-state index contributed by atoms with van der Waals surface area (Å²) in [5.74, 6) is 0.931. The van der Waals surface area contributed by atoms with Crippen LogP contribution in [0.15, 0.2) is 45.5 Å². The molecule has 0 radical (unpaired) electrons. The van der Waals surface area contributed by atoms with Crippen LogP contribution >= 0.6 is 15.9 Å². The lowest BCUT2D eigenvalue weighted by molar-refractivity contribution is 0.0661. The van der Waals surface area contributed by atoms with E-state index in [4.69, 9.17) is 9.15 Å². The minimum absolute atomic E-state index is 0.0283. The highest BCUT2D eigenvalue weighted by Gasteiger charge is 2.36. The fraction of sp³-hybridized carbons (Fsp3) is 0.450. The van der Waals surface area contributed by atoms with Crippen LogP contribution in [0.25, 0.3) is 0 Å². The molecule has 1 aromatic carbocycles. The van der Waals surface area contributed by atoms with E-state index in [-0.39, 0.29) is 30.0 Å². The zero-order valence-corrected chi connectivity index (χ0v) is 18.2. The Morgan fingerprint density at radius 3 is 2.71 bits per heavy atom. The van der Waals surface area contributed by atoms with Gasteiger partial charge in [-0.05, 0) is 53.0 Å². The quantitative estimate of drug-likeness (QED) is 0.544. The van der Waals surface area contributed by atoms with Crippen molar-refractivity contribution >= 4 is 31.7 Å². The third-order valence-electron chi connectivity index (χ3n) is 4.74. The van der Waals surface area contributed by atoms with E-state index >= 15 is 0 Å². The first-order valence-electron chi connectivity index (χ1n) is 9.37. The summed E-state index contributed by atoms with van der Waals surface area (Å²) in [5.41, 5.74) is 0.438. The summed E-state index contributed by atoms with van der Waals surface area (Å²) in [6.07, 6.45) is 2.32. The number of unbranched alkanes of at least 4 members (excludes halogenated alkanes) is 1. The van der Waals surface area contributed by atoms with Crippen molar-refractivity contribution in [2.75, 3.05) is 18.1 Å². The number of hydrogen-bond donors (Lipinski definition) is 0. The van der Waals surface area contributed by atoms with Crippen LogP contribution in [-0.2, 0) is 16.4 Å². The fourth-order valence-electron chi connectivity index (χ4n) is 3.24. The van der Waals surface area contributed by atoms with E-state index in [1.165, 1.54) is 0 Å². The van der Waals surface area contributed by atoms with Gasteiger partial charge in [0, 0.05) is 6.04 Å². The SMILES string of the molecule is CCCCOc1ccccc1C(=O)N(Cc1ccc(Br)o1)[C@@H]1CCS(=O)(=O)C1. The summed E-state index contributed by atoms with van der Waals surface area (Å²) in [6.45, 7) is 2.81. The van der Waals surface area contributed by atoms with Gasteiger partial charge in [0.2, 0.25) is 0 Å². The second-order valence-electron chi connectivity index (χ2n) is 6.89. The van der Waals surface area contributed by atoms with Crippen molar-refractivity contribution in [2.24, 2.45) is 0 Å². The van der Waals surface area contributed by atoms with Crippen LogP contribution in [0.1, 0.15) is 42.3 Å². The number of amides is 1. The molecular formula is C20H24BrNO5S. The molecule has 0 aliphatic carbocycles. The molecule has 0 bridgehead atoms. The molecule has 6 nitrogen and oxygen atoms in total. The second-order valence-corrected chi connectivity index (χ2v) is 9.90. The third kappa shape index (κ3) is 5.17. The number of benzene rings is 1. The summed E-state index contributed by atoms with van der Waals surface area (Å²) in [5, 5.41) is 0. The minimum Gasteiger partial charge on any atom is -0.493 e. The Bertz CT molecular complexity index is 924. The molecular weight excluding hydrogens is 446 g/mol. The van der Waals surface area contributed by atoms with Crippen molar-refractivity contribution in [1.82, 2.24) is 4.90 Å². The molecule has 8 heteroatoms. The lowest BCUT2D eigenvalue weighted by atomic mass is 10.1. The molecule has 3 rings (SSSR count). The van der Waals surface area contributed by atoms with E-state index in [1.807, 2.05) is 6.07 Å². The van der Waals surface area contributed by atoms with Gasteiger partial charge in [-0.25, -0.2) is 8.42 Å². The van der Waals surface area contributed by atoms with Crippen molar-refractivity contribution in [3.05, 3.63) is 52.4 Å². The molecule has 1 aliphatic rings. The Balaban J connectivity index is 1.88. The van der Waals surface area contributed by atoms with Gasteiger partial charge in [-0.2, -0.15) is 0 Å². The molecule has 1 saturated heterocycles. The van der Waals surface area contributed by atoms with Crippen LogP contribution in [0.4, 0.5) is 0 Å². The number of hydrogen-bond acceptors (Lipinski definition) is 5. The van der Waals surface area contributed by atoms with E-state index < -0.39 is 9.84 Å². The van der Waals surface area contributed by atoms with Crippen LogP contribution in [0.3, 0.4) is 0 Å². The second kappa shape index (κ2) is 9.13. The molecule has 152 valence electrons. The van der Waals surface area contributed by atoms with Gasteiger partial charge in [0.15, 0.2) is 14.5 Å². The number of carbonyl (C=O) groups excluding carboxylic acids is 1. The number of halogens is 1. The Morgan fingerprint density at radius 1 is 1.29 bits per heavy atom. The molecule has 2 aromatic rings.